The van der Waals surface area contributed by atoms with Gasteiger partial charge in [0, 0.05) is 42.3 Å². The van der Waals surface area contributed by atoms with E-state index in [1.807, 2.05) is 0 Å². The van der Waals surface area contributed by atoms with E-state index in [1.165, 1.54) is 25.9 Å². The number of ether oxygens (including phenoxy) is 1. The lowest BCUT2D eigenvalue weighted by Gasteiger charge is -2.51. The number of hydrogen-bond acceptors (Lipinski definition) is 4. The van der Waals surface area contributed by atoms with Crippen LogP contribution in [0.4, 0.5) is 0 Å². The summed E-state index contributed by atoms with van der Waals surface area (Å²) >= 11 is 2.12. The van der Waals surface area contributed by atoms with Gasteiger partial charge in [-0.1, -0.05) is 27.2 Å². The van der Waals surface area contributed by atoms with Crippen LogP contribution in [-0.2, 0) is 4.74 Å². The van der Waals surface area contributed by atoms with Crippen molar-refractivity contribution in [2.45, 2.75) is 68.6 Å². The molecule has 2 N–H and O–H groups in total. The second-order valence-electron chi connectivity index (χ2n) is 6.33. The molecule has 2 aliphatic rings. The van der Waals surface area contributed by atoms with Crippen molar-refractivity contribution in [2.75, 3.05) is 26.2 Å². The van der Waals surface area contributed by atoms with E-state index in [1.54, 1.807) is 0 Å². The van der Waals surface area contributed by atoms with Gasteiger partial charge in [0.2, 0.25) is 0 Å². The number of nitrogens with zero attached hydrogens (tertiary/aromatic N) is 1. The molecule has 2 fully saturated rings. The van der Waals surface area contributed by atoms with Crippen molar-refractivity contribution in [3.8, 4) is 0 Å². The van der Waals surface area contributed by atoms with Gasteiger partial charge in [0.05, 0.1) is 6.10 Å². The van der Waals surface area contributed by atoms with E-state index in [4.69, 9.17) is 10.5 Å². The minimum absolute atomic E-state index is 0.196. The van der Waals surface area contributed by atoms with Crippen LogP contribution in [-0.4, -0.2) is 53.3 Å². The Kier molecular flexibility index (Phi) is 5.58. The second kappa shape index (κ2) is 6.79. The minimum Gasteiger partial charge on any atom is -0.378 e. The van der Waals surface area contributed by atoms with Crippen molar-refractivity contribution in [1.29, 1.82) is 0 Å². The Bertz CT molecular complexity index is 277. The number of thioether (sulfide) groups is 1. The highest BCUT2D eigenvalue weighted by molar-refractivity contribution is 8.00. The summed E-state index contributed by atoms with van der Waals surface area (Å²) in [7, 11) is 0. The summed E-state index contributed by atoms with van der Waals surface area (Å²) in [6, 6.07) is 0. The minimum atomic E-state index is 0.196. The van der Waals surface area contributed by atoms with Crippen LogP contribution in [0.15, 0.2) is 0 Å². The van der Waals surface area contributed by atoms with Gasteiger partial charge in [-0.25, -0.2) is 0 Å². The zero-order chi connectivity index (χ0) is 13.9. The zero-order valence-electron chi connectivity index (χ0n) is 12.7. The van der Waals surface area contributed by atoms with Crippen molar-refractivity contribution in [3.05, 3.63) is 0 Å². The Balaban J connectivity index is 2.07. The molecule has 112 valence electrons. The third kappa shape index (κ3) is 3.66. The molecule has 4 heteroatoms. The lowest BCUT2D eigenvalue weighted by Crippen LogP contribution is -2.62. The first-order valence-corrected chi connectivity index (χ1v) is 8.76. The zero-order valence-corrected chi connectivity index (χ0v) is 13.5. The first-order valence-electron chi connectivity index (χ1n) is 7.82. The Morgan fingerprint density at radius 2 is 2.00 bits per heavy atom. The van der Waals surface area contributed by atoms with Crippen molar-refractivity contribution in [1.82, 2.24) is 4.90 Å². The molecule has 2 saturated heterocycles. The van der Waals surface area contributed by atoms with Gasteiger partial charge in [0.15, 0.2) is 0 Å². The molecule has 0 spiro atoms. The third-order valence-electron chi connectivity index (χ3n) is 4.61. The predicted molar refractivity (Wildman–Crippen MR) is 83.8 cm³/mol. The molecule has 0 aromatic heterocycles. The summed E-state index contributed by atoms with van der Waals surface area (Å²) in [5, 5.41) is 1.44. The normalized spacial score (nSPS) is 41.4. The van der Waals surface area contributed by atoms with Crippen LogP contribution in [0.25, 0.3) is 0 Å². The Morgan fingerprint density at radius 1 is 1.32 bits per heavy atom. The lowest BCUT2D eigenvalue weighted by molar-refractivity contribution is -0.0742. The third-order valence-corrected chi connectivity index (χ3v) is 5.84. The van der Waals surface area contributed by atoms with Crippen LogP contribution in [0.3, 0.4) is 0 Å². The predicted octanol–water partition coefficient (Wildman–Crippen LogP) is 2.49. The van der Waals surface area contributed by atoms with Gasteiger partial charge in [-0.15, -0.1) is 0 Å². The molecule has 0 amide bonds. The molecular weight excluding hydrogens is 256 g/mol. The molecule has 0 aromatic carbocycles. The first kappa shape index (κ1) is 15.6. The largest absolute Gasteiger partial charge is 0.378 e. The molecule has 4 unspecified atom stereocenters. The molecule has 0 aliphatic carbocycles. The highest BCUT2D eigenvalue weighted by Crippen LogP contribution is 2.36. The van der Waals surface area contributed by atoms with Crippen molar-refractivity contribution in [3.63, 3.8) is 0 Å². The summed E-state index contributed by atoms with van der Waals surface area (Å²) in [5.41, 5.74) is 6.41. The van der Waals surface area contributed by atoms with Gasteiger partial charge in [-0.3, -0.25) is 4.90 Å². The van der Waals surface area contributed by atoms with Crippen LogP contribution in [0.2, 0.25) is 0 Å². The number of hydrogen-bond donors (Lipinski definition) is 1. The summed E-state index contributed by atoms with van der Waals surface area (Å²) < 4.78 is 5.93. The van der Waals surface area contributed by atoms with Crippen LogP contribution >= 0.6 is 11.8 Å². The molecule has 2 rings (SSSR count). The summed E-state index contributed by atoms with van der Waals surface area (Å²) in [6.45, 7) is 11.0. The van der Waals surface area contributed by atoms with Crippen molar-refractivity contribution < 1.29 is 4.74 Å². The van der Waals surface area contributed by atoms with Gasteiger partial charge < -0.3 is 10.5 Å². The molecular formula is C15H30N2OS. The van der Waals surface area contributed by atoms with Crippen LogP contribution in [0, 0.1) is 0 Å². The molecule has 2 aliphatic heterocycles. The van der Waals surface area contributed by atoms with E-state index >= 15 is 0 Å². The quantitative estimate of drug-likeness (QED) is 0.862. The van der Waals surface area contributed by atoms with Crippen molar-refractivity contribution in [2.24, 2.45) is 5.73 Å². The topological polar surface area (TPSA) is 38.5 Å². The van der Waals surface area contributed by atoms with Gasteiger partial charge in [0.25, 0.3) is 0 Å². The van der Waals surface area contributed by atoms with Crippen LogP contribution in [0.1, 0.15) is 46.5 Å². The Morgan fingerprint density at radius 3 is 2.58 bits per heavy atom. The SMILES string of the molecule is CCCC1CC(CN)(N2CC(C)SC(C)C2)CCO1. The van der Waals surface area contributed by atoms with Crippen molar-refractivity contribution >= 4 is 11.8 Å². The number of nitrogens with two attached hydrogens (primary N) is 1. The van der Waals surface area contributed by atoms with Gasteiger partial charge >= 0.3 is 0 Å². The molecule has 2 heterocycles. The van der Waals surface area contributed by atoms with Crippen LogP contribution < -0.4 is 5.73 Å². The molecule has 0 saturated carbocycles. The first-order chi connectivity index (χ1) is 9.09. The van der Waals surface area contributed by atoms with E-state index in [2.05, 4.69) is 37.4 Å². The maximum Gasteiger partial charge on any atom is 0.0593 e. The highest BCUT2D eigenvalue weighted by Gasteiger charge is 2.42. The van der Waals surface area contributed by atoms with E-state index in [0.29, 0.717) is 6.10 Å². The summed E-state index contributed by atoms with van der Waals surface area (Å²) in [5.74, 6) is 0. The highest BCUT2D eigenvalue weighted by atomic mass is 32.2. The molecule has 0 aromatic rings. The van der Waals surface area contributed by atoms with Gasteiger partial charge in [-0.2, -0.15) is 11.8 Å². The fourth-order valence-corrected chi connectivity index (χ4v) is 5.00. The summed E-state index contributed by atoms with van der Waals surface area (Å²) in [4.78, 5) is 2.68. The maximum atomic E-state index is 6.21. The van der Waals surface area contributed by atoms with Crippen LogP contribution in [0.5, 0.6) is 0 Å². The fraction of sp³-hybridized carbons (Fsp3) is 1.00. The lowest BCUT2D eigenvalue weighted by atomic mass is 9.83. The molecule has 0 radical (unpaired) electrons. The maximum absolute atomic E-state index is 6.21. The van der Waals surface area contributed by atoms with Gasteiger partial charge in [-0.05, 0) is 19.3 Å². The summed E-state index contributed by atoms with van der Waals surface area (Å²) in [6.07, 6.45) is 5.03. The molecule has 19 heavy (non-hydrogen) atoms. The Hall–Kier alpha value is 0.230. The molecule has 3 nitrogen and oxygen atoms in total. The second-order valence-corrected chi connectivity index (χ2v) is 8.21. The standard InChI is InChI=1S/C15H30N2OS/c1-4-5-14-8-15(11-16,6-7-18-14)17-9-12(2)19-13(3)10-17/h12-14H,4-11,16H2,1-3H3. The van der Waals surface area contributed by atoms with E-state index in [9.17, 15) is 0 Å². The van der Waals surface area contributed by atoms with E-state index < -0.39 is 0 Å². The monoisotopic (exact) mass is 286 g/mol. The number of rotatable bonds is 4. The molecule has 4 atom stereocenters. The van der Waals surface area contributed by atoms with E-state index in [-0.39, 0.29) is 5.54 Å². The molecule has 0 bridgehead atoms. The van der Waals surface area contributed by atoms with Gasteiger partial charge in [0.1, 0.15) is 0 Å². The average molecular weight is 286 g/mol. The smallest absolute Gasteiger partial charge is 0.0593 e. The average Bonchev–Trinajstić information content (AvgIpc) is 2.38. The fourth-order valence-electron chi connectivity index (χ4n) is 3.67. The Labute approximate surface area is 122 Å². The van der Waals surface area contributed by atoms with E-state index in [0.717, 1.165) is 36.5 Å².